The first kappa shape index (κ1) is 29.1. The number of ether oxygens (including phenoxy) is 1. The Balaban J connectivity index is 1.65. The van der Waals surface area contributed by atoms with Gasteiger partial charge in [0.2, 0.25) is 0 Å². The minimum absolute atomic E-state index is 0.161. The van der Waals surface area contributed by atoms with Gasteiger partial charge in [0, 0.05) is 13.1 Å². The molecule has 1 atom stereocenters. The Labute approximate surface area is 235 Å². The number of amides is 2. The highest BCUT2D eigenvalue weighted by molar-refractivity contribution is 8.14. The molecule has 0 fully saturated rings. The molecule has 0 aliphatic carbocycles. The Hall–Kier alpha value is -2.89. The fourth-order valence-corrected chi connectivity index (χ4v) is 7.14. The number of nitrogens with zero attached hydrogens (tertiary/aromatic N) is 4. The lowest BCUT2D eigenvalue weighted by molar-refractivity contribution is 0.103. The molecule has 11 heteroatoms. The maximum atomic E-state index is 13.5. The van der Waals surface area contributed by atoms with E-state index >= 15 is 0 Å². The number of hydrogen-bond donors (Lipinski definition) is 0. The van der Waals surface area contributed by atoms with E-state index in [-0.39, 0.29) is 22.2 Å². The largest absolute Gasteiger partial charge is 0.446 e. The van der Waals surface area contributed by atoms with Crippen molar-refractivity contribution in [3.05, 3.63) is 59.7 Å². The van der Waals surface area contributed by atoms with E-state index in [0.29, 0.717) is 30.9 Å². The van der Waals surface area contributed by atoms with E-state index in [1.165, 1.54) is 4.31 Å². The zero-order chi connectivity index (χ0) is 28.4. The molecule has 0 saturated heterocycles. The van der Waals surface area contributed by atoms with Crippen molar-refractivity contribution in [2.45, 2.75) is 56.6 Å². The SMILES string of the molecule is CCN(CC)CCOC(=O)N1N=C(c2ccc3c(c2)C(C)(C)CCN3S(=O)(=O)c2ccccc2)C(C)SC1=O. The molecule has 2 heterocycles. The zero-order valence-corrected chi connectivity index (χ0v) is 24.7. The summed E-state index contributed by atoms with van der Waals surface area (Å²) in [6.45, 7) is 12.9. The second kappa shape index (κ2) is 11.7. The predicted octanol–water partition coefficient (Wildman–Crippen LogP) is 5.30. The van der Waals surface area contributed by atoms with E-state index in [1.807, 2.05) is 32.9 Å². The number of fused-ring (bicyclic) bond motifs is 1. The van der Waals surface area contributed by atoms with Gasteiger partial charge in [0.1, 0.15) is 6.61 Å². The number of thioether (sulfide) groups is 1. The first-order chi connectivity index (χ1) is 18.5. The van der Waals surface area contributed by atoms with Gasteiger partial charge in [-0.15, -0.1) is 5.01 Å². The van der Waals surface area contributed by atoms with Gasteiger partial charge < -0.3 is 9.64 Å². The number of carbonyl (C=O) groups is 2. The summed E-state index contributed by atoms with van der Waals surface area (Å²) in [5.74, 6) is 0. The lowest BCUT2D eigenvalue weighted by Gasteiger charge is -2.40. The summed E-state index contributed by atoms with van der Waals surface area (Å²) in [6.07, 6.45) is -0.169. The summed E-state index contributed by atoms with van der Waals surface area (Å²) in [4.78, 5) is 27.8. The molecule has 2 aromatic rings. The number of hydrogen-bond acceptors (Lipinski definition) is 8. The summed E-state index contributed by atoms with van der Waals surface area (Å²) in [7, 11) is -3.74. The molecule has 0 spiro atoms. The van der Waals surface area contributed by atoms with Gasteiger partial charge in [0.25, 0.3) is 10.0 Å². The minimum atomic E-state index is -3.74. The lowest BCUT2D eigenvalue weighted by Crippen LogP contribution is -2.41. The smallest absolute Gasteiger partial charge is 0.438 e. The van der Waals surface area contributed by atoms with Gasteiger partial charge >= 0.3 is 11.3 Å². The lowest BCUT2D eigenvalue weighted by atomic mass is 9.77. The Morgan fingerprint density at radius 3 is 2.51 bits per heavy atom. The third-order valence-corrected chi connectivity index (χ3v) is 10.1. The van der Waals surface area contributed by atoms with E-state index in [0.717, 1.165) is 41.0 Å². The monoisotopic (exact) mass is 572 g/mol. The number of imide groups is 1. The van der Waals surface area contributed by atoms with Crippen molar-refractivity contribution < 1.29 is 22.7 Å². The topological polar surface area (TPSA) is 99.6 Å². The van der Waals surface area contributed by atoms with Crippen molar-refractivity contribution in [2.24, 2.45) is 5.10 Å². The van der Waals surface area contributed by atoms with Crippen molar-refractivity contribution in [3.8, 4) is 0 Å². The van der Waals surface area contributed by atoms with Crippen LogP contribution in [0.3, 0.4) is 0 Å². The molecule has 0 saturated carbocycles. The van der Waals surface area contributed by atoms with Crippen LogP contribution in [0.2, 0.25) is 0 Å². The van der Waals surface area contributed by atoms with Crippen LogP contribution in [0, 0.1) is 0 Å². The first-order valence-corrected chi connectivity index (χ1v) is 15.5. The summed E-state index contributed by atoms with van der Waals surface area (Å²) in [5.41, 5.74) is 2.49. The number of anilines is 1. The number of sulfonamides is 1. The fourth-order valence-electron chi connectivity index (χ4n) is 4.82. The van der Waals surface area contributed by atoms with E-state index in [1.54, 1.807) is 36.4 Å². The highest BCUT2D eigenvalue weighted by Crippen LogP contribution is 2.43. The number of likely N-dealkylation sites (N-methyl/N-ethyl adjacent to an activating group) is 1. The zero-order valence-electron chi connectivity index (χ0n) is 23.1. The number of benzene rings is 2. The molecule has 1 unspecified atom stereocenters. The van der Waals surface area contributed by atoms with Crippen LogP contribution in [-0.4, -0.2) is 73.4 Å². The average molecular weight is 573 g/mol. The molecule has 4 rings (SSSR count). The van der Waals surface area contributed by atoms with E-state index in [9.17, 15) is 18.0 Å². The van der Waals surface area contributed by atoms with Crippen LogP contribution in [0.4, 0.5) is 15.3 Å². The van der Waals surface area contributed by atoms with E-state index in [4.69, 9.17) is 4.74 Å². The van der Waals surface area contributed by atoms with Crippen molar-refractivity contribution in [2.75, 3.05) is 37.1 Å². The van der Waals surface area contributed by atoms with Crippen LogP contribution >= 0.6 is 11.8 Å². The van der Waals surface area contributed by atoms with Gasteiger partial charge in [0.15, 0.2) is 0 Å². The molecule has 210 valence electrons. The maximum absolute atomic E-state index is 13.5. The predicted molar refractivity (Wildman–Crippen MR) is 155 cm³/mol. The van der Waals surface area contributed by atoms with E-state index in [2.05, 4.69) is 23.8 Å². The van der Waals surface area contributed by atoms with Crippen molar-refractivity contribution in [3.63, 3.8) is 0 Å². The maximum Gasteiger partial charge on any atom is 0.438 e. The number of rotatable bonds is 8. The van der Waals surface area contributed by atoms with Gasteiger partial charge in [-0.2, -0.15) is 5.10 Å². The second-order valence-electron chi connectivity index (χ2n) is 10.2. The fraction of sp³-hybridized carbons (Fsp3) is 0.464. The third kappa shape index (κ3) is 6.00. The van der Waals surface area contributed by atoms with E-state index < -0.39 is 21.4 Å². The average Bonchev–Trinajstić information content (AvgIpc) is 2.91. The van der Waals surface area contributed by atoms with Crippen LogP contribution < -0.4 is 4.31 Å². The summed E-state index contributed by atoms with van der Waals surface area (Å²) in [5, 5.41) is 4.43. The van der Waals surface area contributed by atoms with Crippen LogP contribution in [0.1, 0.15) is 52.2 Å². The minimum Gasteiger partial charge on any atom is -0.446 e. The quantitative estimate of drug-likeness (QED) is 0.423. The molecular weight excluding hydrogens is 536 g/mol. The van der Waals surface area contributed by atoms with Gasteiger partial charge in [-0.3, -0.25) is 9.10 Å². The van der Waals surface area contributed by atoms with Crippen molar-refractivity contribution in [1.82, 2.24) is 9.91 Å². The normalized spacial score (nSPS) is 19.1. The first-order valence-electron chi connectivity index (χ1n) is 13.2. The molecule has 0 N–H and O–H groups in total. The second-order valence-corrected chi connectivity index (χ2v) is 13.4. The summed E-state index contributed by atoms with van der Waals surface area (Å²) >= 11 is 1.01. The molecule has 2 aromatic carbocycles. The molecule has 0 aromatic heterocycles. The molecule has 2 aliphatic heterocycles. The van der Waals surface area contributed by atoms with Crippen LogP contribution in [0.15, 0.2) is 58.5 Å². The highest BCUT2D eigenvalue weighted by atomic mass is 32.2. The number of carbonyl (C=O) groups excluding carboxylic acids is 2. The standard InChI is InChI=1S/C28H36N4O5S2/c1-6-30(7-2)17-18-37-26(33)32-27(34)38-20(3)25(29-32)21-13-14-24-23(19-21)28(4,5)15-16-31(24)39(35,36)22-11-9-8-10-12-22/h8-14,19-20H,6-7,15-18H2,1-5H3. The Kier molecular flexibility index (Phi) is 8.72. The summed E-state index contributed by atoms with van der Waals surface area (Å²) < 4.78 is 33.9. The van der Waals surface area contributed by atoms with Crippen LogP contribution in [-0.2, 0) is 20.2 Å². The van der Waals surface area contributed by atoms with Crippen LogP contribution in [0.5, 0.6) is 0 Å². The van der Waals surface area contributed by atoms with Gasteiger partial charge in [-0.25, -0.2) is 13.2 Å². The molecule has 2 amide bonds. The molecule has 9 nitrogen and oxygen atoms in total. The number of hydrazone groups is 1. The van der Waals surface area contributed by atoms with Crippen molar-refractivity contribution in [1.29, 1.82) is 0 Å². The van der Waals surface area contributed by atoms with Crippen molar-refractivity contribution >= 4 is 44.5 Å². The van der Waals surface area contributed by atoms with Gasteiger partial charge in [-0.1, -0.05) is 63.7 Å². The van der Waals surface area contributed by atoms with Gasteiger partial charge in [0.05, 0.1) is 21.5 Å². The molecule has 0 bridgehead atoms. The van der Waals surface area contributed by atoms with Gasteiger partial charge in [-0.05, 0) is 67.2 Å². The Bertz CT molecular complexity index is 1360. The van der Waals surface area contributed by atoms with Crippen LogP contribution in [0.25, 0.3) is 0 Å². The Morgan fingerprint density at radius 1 is 1.15 bits per heavy atom. The molecular formula is C28H36N4O5S2. The molecule has 0 radical (unpaired) electrons. The summed E-state index contributed by atoms with van der Waals surface area (Å²) in [6, 6.07) is 14.0. The Morgan fingerprint density at radius 2 is 1.85 bits per heavy atom. The molecule has 39 heavy (non-hydrogen) atoms. The third-order valence-electron chi connectivity index (χ3n) is 7.30. The highest BCUT2D eigenvalue weighted by Gasteiger charge is 2.39. The molecule has 2 aliphatic rings.